The van der Waals surface area contributed by atoms with E-state index in [1.165, 1.54) is 12.1 Å². The van der Waals surface area contributed by atoms with Crippen molar-refractivity contribution < 1.29 is 23.5 Å². The van der Waals surface area contributed by atoms with Crippen molar-refractivity contribution in [2.24, 2.45) is 0 Å². The van der Waals surface area contributed by atoms with Gasteiger partial charge in [-0.05, 0) is 49.2 Å². The van der Waals surface area contributed by atoms with Crippen molar-refractivity contribution in [2.45, 2.75) is 25.0 Å². The number of piperidine rings is 1. The molecule has 5 rings (SSSR count). The van der Waals surface area contributed by atoms with Crippen LogP contribution in [0.1, 0.15) is 23.3 Å². The maximum atomic E-state index is 13.4. The predicted molar refractivity (Wildman–Crippen MR) is 116 cm³/mol. The highest BCUT2D eigenvalue weighted by atomic mass is 19.1. The Labute approximate surface area is 184 Å². The van der Waals surface area contributed by atoms with Crippen molar-refractivity contribution >= 4 is 22.9 Å². The van der Waals surface area contributed by atoms with E-state index in [2.05, 4.69) is 4.98 Å². The van der Waals surface area contributed by atoms with Crippen LogP contribution in [0.15, 0.2) is 54.6 Å². The molecule has 166 valence electrons. The standard InChI is InChI=1S/C24H24FN3O4/c25-17-6-7-21-16(12-17)13-22(26-21)23(29)27-10-8-18(9-11-27)28-14-20(32-24(28)30)15-31-19-4-2-1-3-5-19/h1-7,12-13,18,20,26H,8-11,14-15H2. The number of rotatable bonds is 5. The minimum absolute atomic E-state index is 0.0325. The van der Waals surface area contributed by atoms with Crippen LogP contribution in [0.5, 0.6) is 5.75 Å². The Morgan fingerprint density at radius 1 is 1.12 bits per heavy atom. The summed E-state index contributed by atoms with van der Waals surface area (Å²) in [5.74, 6) is 0.299. The summed E-state index contributed by atoms with van der Waals surface area (Å²) in [6.07, 6.45) is 0.729. The quantitative estimate of drug-likeness (QED) is 0.659. The largest absolute Gasteiger partial charge is 0.490 e. The van der Waals surface area contributed by atoms with E-state index in [0.717, 1.165) is 11.3 Å². The van der Waals surface area contributed by atoms with Crippen LogP contribution in [0, 0.1) is 5.82 Å². The van der Waals surface area contributed by atoms with E-state index in [0.29, 0.717) is 50.2 Å². The molecule has 3 heterocycles. The molecule has 0 aliphatic carbocycles. The van der Waals surface area contributed by atoms with Gasteiger partial charge in [0.25, 0.3) is 5.91 Å². The number of likely N-dealkylation sites (tertiary alicyclic amines) is 1. The molecule has 8 heteroatoms. The second-order valence-corrected chi connectivity index (χ2v) is 8.22. The number of amides is 2. The number of benzene rings is 2. The predicted octanol–water partition coefficient (Wildman–Crippen LogP) is 3.81. The Hall–Kier alpha value is -3.55. The van der Waals surface area contributed by atoms with Crippen LogP contribution in [0.25, 0.3) is 10.9 Å². The smallest absolute Gasteiger partial charge is 0.410 e. The van der Waals surface area contributed by atoms with E-state index in [9.17, 15) is 14.0 Å². The summed E-state index contributed by atoms with van der Waals surface area (Å²) in [6.45, 7) is 1.88. The lowest BCUT2D eigenvalue weighted by atomic mass is 10.0. The van der Waals surface area contributed by atoms with Crippen LogP contribution in [0.4, 0.5) is 9.18 Å². The first-order valence-corrected chi connectivity index (χ1v) is 10.8. The number of nitrogens with one attached hydrogen (secondary N) is 1. The number of hydrogen-bond donors (Lipinski definition) is 1. The lowest BCUT2D eigenvalue weighted by Crippen LogP contribution is -2.47. The summed E-state index contributed by atoms with van der Waals surface area (Å²) in [7, 11) is 0. The number of hydrogen-bond acceptors (Lipinski definition) is 4. The van der Waals surface area contributed by atoms with Crippen LogP contribution >= 0.6 is 0 Å². The second kappa shape index (κ2) is 8.53. The number of para-hydroxylation sites is 1. The van der Waals surface area contributed by atoms with Crippen LogP contribution in [-0.4, -0.2) is 65.2 Å². The van der Waals surface area contributed by atoms with E-state index in [1.54, 1.807) is 21.9 Å². The summed E-state index contributed by atoms with van der Waals surface area (Å²) >= 11 is 0. The third-order valence-electron chi connectivity index (χ3n) is 6.09. The van der Waals surface area contributed by atoms with Crippen LogP contribution in [-0.2, 0) is 4.74 Å². The molecule has 2 aliphatic heterocycles. The molecule has 1 atom stereocenters. The third-order valence-corrected chi connectivity index (χ3v) is 6.09. The van der Waals surface area contributed by atoms with Gasteiger partial charge in [0.1, 0.15) is 23.9 Å². The minimum Gasteiger partial charge on any atom is -0.490 e. The van der Waals surface area contributed by atoms with Crippen molar-refractivity contribution in [1.29, 1.82) is 0 Å². The van der Waals surface area contributed by atoms with Crippen LogP contribution in [0.2, 0.25) is 0 Å². The van der Waals surface area contributed by atoms with Gasteiger partial charge in [-0.1, -0.05) is 18.2 Å². The molecule has 2 saturated heterocycles. The molecule has 32 heavy (non-hydrogen) atoms. The van der Waals surface area contributed by atoms with Gasteiger partial charge in [0, 0.05) is 30.0 Å². The Morgan fingerprint density at radius 2 is 1.91 bits per heavy atom. The first-order valence-electron chi connectivity index (χ1n) is 10.8. The molecular formula is C24H24FN3O4. The first-order chi connectivity index (χ1) is 15.6. The maximum Gasteiger partial charge on any atom is 0.410 e. The van der Waals surface area contributed by atoms with Crippen molar-refractivity contribution in [1.82, 2.24) is 14.8 Å². The second-order valence-electron chi connectivity index (χ2n) is 8.22. The molecule has 0 saturated carbocycles. The lowest BCUT2D eigenvalue weighted by molar-refractivity contribution is 0.0653. The monoisotopic (exact) mass is 437 g/mol. The van der Waals surface area contributed by atoms with Gasteiger partial charge in [0.2, 0.25) is 0 Å². The number of fused-ring (bicyclic) bond motifs is 1. The zero-order valence-corrected chi connectivity index (χ0v) is 17.5. The number of aromatic amines is 1. The summed E-state index contributed by atoms with van der Waals surface area (Å²) in [4.78, 5) is 31.9. The van der Waals surface area contributed by atoms with Crippen molar-refractivity contribution in [3.63, 3.8) is 0 Å². The Kier molecular flexibility index (Phi) is 5.43. The highest BCUT2D eigenvalue weighted by Crippen LogP contribution is 2.25. The third kappa shape index (κ3) is 4.12. The number of nitrogens with zero attached hydrogens (tertiary/aromatic N) is 2. The molecule has 0 spiro atoms. The molecule has 2 fully saturated rings. The maximum absolute atomic E-state index is 13.4. The van der Waals surface area contributed by atoms with E-state index >= 15 is 0 Å². The number of carbonyl (C=O) groups excluding carboxylic acids is 2. The van der Waals surface area contributed by atoms with Crippen molar-refractivity contribution in [3.8, 4) is 5.75 Å². The van der Waals surface area contributed by atoms with Crippen LogP contribution in [0.3, 0.4) is 0 Å². The SMILES string of the molecule is O=C(c1cc2cc(F)ccc2[nH]1)N1CCC(N2CC(COc3ccccc3)OC2=O)CC1. The first kappa shape index (κ1) is 20.4. The zero-order valence-electron chi connectivity index (χ0n) is 17.5. The molecule has 2 aliphatic rings. The Bertz CT molecular complexity index is 1120. The average Bonchev–Trinajstić information content (AvgIpc) is 3.41. The van der Waals surface area contributed by atoms with Crippen molar-refractivity contribution in [3.05, 3.63) is 66.1 Å². The number of H-pyrrole nitrogens is 1. The minimum atomic E-state index is -0.332. The molecular weight excluding hydrogens is 413 g/mol. The number of aromatic nitrogens is 1. The fraction of sp³-hybridized carbons (Fsp3) is 0.333. The number of cyclic esters (lactones) is 1. The molecule has 2 amide bonds. The highest BCUT2D eigenvalue weighted by Gasteiger charge is 2.38. The fourth-order valence-electron chi connectivity index (χ4n) is 4.40. The van der Waals surface area contributed by atoms with E-state index in [4.69, 9.17) is 9.47 Å². The average molecular weight is 437 g/mol. The van der Waals surface area contributed by atoms with Crippen molar-refractivity contribution in [2.75, 3.05) is 26.2 Å². The summed E-state index contributed by atoms with van der Waals surface area (Å²) in [5, 5.41) is 0.673. The van der Waals surface area contributed by atoms with E-state index < -0.39 is 0 Å². The Morgan fingerprint density at radius 3 is 2.69 bits per heavy atom. The Balaban J connectivity index is 1.15. The van der Waals surface area contributed by atoms with Gasteiger partial charge in [0.05, 0.1) is 6.54 Å². The van der Waals surface area contributed by atoms with Gasteiger partial charge in [-0.2, -0.15) is 0 Å². The molecule has 1 unspecified atom stereocenters. The highest BCUT2D eigenvalue weighted by molar-refractivity contribution is 5.98. The van der Waals surface area contributed by atoms with E-state index in [1.807, 2.05) is 30.3 Å². The topological polar surface area (TPSA) is 74.9 Å². The molecule has 1 aromatic heterocycles. The summed E-state index contributed by atoms with van der Waals surface area (Å²) in [5.41, 5.74) is 1.18. The van der Waals surface area contributed by atoms with Gasteiger partial charge < -0.3 is 24.3 Å². The number of ether oxygens (including phenoxy) is 2. The van der Waals surface area contributed by atoms with Crippen LogP contribution < -0.4 is 4.74 Å². The van der Waals surface area contributed by atoms with E-state index in [-0.39, 0.29) is 30.0 Å². The molecule has 3 aromatic rings. The lowest BCUT2D eigenvalue weighted by Gasteiger charge is -2.35. The van der Waals surface area contributed by atoms with Gasteiger partial charge in [-0.25, -0.2) is 9.18 Å². The van der Waals surface area contributed by atoms with Gasteiger partial charge in [-0.15, -0.1) is 0 Å². The molecule has 7 nitrogen and oxygen atoms in total. The van der Waals surface area contributed by atoms with Gasteiger partial charge in [0.15, 0.2) is 6.10 Å². The molecule has 0 bridgehead atoms. The zero-order chi connectivity index (χ0) is 22.1. The summed E-state index contributed by atoms with van der Waals surface area (Å²) in [6, 6.07) is 15.6. The molecule has 0 radical (unpaired) electrons. The molecule has 1 N–H and O–H groups in total. The fourth-order valence-corrected chi connectivity index (χ4v) is 4.40. The summed E-state index contributed by atoms with van der Waals surface area (Å²) < 4.78 is 24.6. The molecule has 2 aromatic carbocycles. The number of carbonyl (C=O) groups is 2. The van der Waals surface area contributed by atoms with Gasteiger partial charge in [-0.3, -0.25) is 4.79 Å². The van der Waals surface area contributed by atoms with Gasteiger partial charge >= 0.3 is 6.09 Å². The normalized spacial score (nSPS) is 19.4. The number of halogens is 1.